The summed E-state index contributed by atoms with van der Waals surface area (Å²) in [7, 11) is 4.62. The summed E-state index contributed by atoms with van der Waals surface area (Å²) in [5.74, 6) is 1.26. The fourth-order valence-corrected chi connectivity index (χ4v) is 3.39. The average molecular weight is 380 g/mol. The van der Waals surface area contributed by atoms with Gasteiger partial charge in [0.15, 0.2) is 11.5 Å². The molecule has 1 N–H and O–H groups in total. The first-order chi connectivity index (χ1) is 12.9. The van der Waals surface area contributed by atoms with Gasteiger partial charge in [-0.15, -0.1) is 0 Å². The van der Waals surface area contributed by atoms with Crippen LogP contribution >= 0.6 is 0 Å². The molecule has 152 valence electrons. The van der Waals surface area contributed by atoms with Crippen LogP contribution in [0.5, 0.6) is 17.2 Å². The van der Waals surface area contributed by atoms with Crippen LogP contribution in [0.4, 0.5) is 0 Å². The number of ether oxygens (including phenoxy) is 3. The fraction of sp³-hybridized carbons (Fsp3) is 0.650. The van der Waals surface area contributed by atoms with E-state index in [9.17, 15) is 4.79 Å². The minimum Gasteiger partial charge on any atom is -0.493 e. The first-order valence-corrected chi connectivity index (χ1v) is 9.41. The minimum atomic E-state index is -0.158. The summed E-state index contributed by atoms with van der Waals surface area (Å²) in [4.78, 5) is 17.6. The second-order valence-corrected chi connectivity index (χ2v) is 7.33. The van der Waals surface area contributed by atoms with Crippen molar-refractivity contribution in [3.63, 3.8) is 0 Å². The van der Waals surface area contributed by atoms with Gasteiger partial charge in [0.2, 0.25) is 5.75 Å². The monoisotopic (exact) mass is 379 g/mol. The standard InChI is InChI=1S/C20H33N3O4/c1-7-22-8-10-23(11-9-22)20(2,3)14-21-19(24)15-12-16(25-4)18(27-6)17(13-15)26-5/h12-13H,7-11,14H2,1-6H3,(H,21,24). The van der Waals surface area contributed by atoms with E-state index >= 15 is 0 Å². The lowest BCUT2D eigenvalue weighted by molar-refractivity contribution is 0.0521. The van der Waals surface area contributed by atoms with Crippen molar-refractivity contribution in [1.82, 2.24) is 15.1 Å². The topological polar surface area (TPSA) is 63.3 Å². The lowest BCUT2D eigenvalue weighted by Gasteiger charge is -2.44. The van der Waals surface area contributed by atoms with E-state index in [2.05, 4.69) is 35.9 Å². The highest BCUT2D eigenvalue weighted by molar-refractivity contribution is 5.95. The molecule has 0 unspecified atom stereocenters. The highest BCUT2D eigenvalue weighted by atomic mass is 16.5. The lowest BCUT2D eigenvalue weighted by Crippen LogP contribution is -2.58. The Morgan fingerprint density at radius 3 is 2.04 bits per heavy atom. The number of nitrogens with one attached hydrogen (secondary N) is 1. The number of carbonyl (C=O) groups is 1. The number of carbonyl (C=O) groups excluding carboxylic acids is 1. The molecule has 0 spiro atoms. The maximum absolute atomic E-state index is 12.7. The van der Waals surface area contributed by atoms with Crippen molar-refractivity contribution in [3.05, 3.63) is 17.7 Å². The molecule has 1 fully saturated rings. The molecule has 1 aromatic rings. The maximum Gasteiger partial charge on any atom is 0.251 e. The van der Waals surface area contributed by atoms with Gasteiger partial charge in [-0.3, -0.25) is 9.69 Å². The molecule has 2 rings (SSSR count). The second-order valence-electron chi connectivity index (χ2n) is 7.33. The average Bonchev–Trinajstić information content (AvgIpc) is 2.70. The molecule has 0 radical (unpaired) electrons. The molecular weight excluding hydrogens is 346 g/mol. The van der Waals surface area contributed by atoms with Crippen LogP contribution in [0.3, 0.4) is 0 Å². The van der Waals surface area contributed by atoms with E-state index in [1.165, 1.54) is 14.2 Å². The molecule has 0 bridgehead atoms. The Hall–Kier alpha value is -1.99. The highest BCUT2D eigenvalue weighted by Gasteiger charge is 2.30. The van der Waals surface area contributed by atoms with Crippen LogP contribution in [0.25, 0.3) is 0 Å². The van der Waals surface area contributed by atoms with Crippen molar-refractivity contribution < 1.29 is 19.0 Å². The van der Waals surface area contributed by atoms with Gasteiger partial charge in [0.05, 0.1) is 21.3 Å². The number of hydrogen-bond donors (Lipinski definition) is 1. The second kappa shape index (κ2) is 9.28. The fourth-order valence-electron chi connectivity index (χ4n) is 3.39. The number of rotatable bonds is 8. The van der Waals surface area contributed by atoms with Crippen molar-refractivity contribution >= 4 is 5.91 Å². The van der Waals surface area contributed by atoms with Gasteiger partial charge in [-0.2, -0.15) is 0 Å². The molecule has 27 heavy (non-hydrogen) atoms. The van der Waals surface area contributed by atoms with Gasteiger partial charge in [0.1, 0.15) is 0 Å². The number of nitrogens with zero attached hydrogens (tertiary/aromatic N) is 2. The van der Waals surface area contributed by atoms with Crippen LogP contribution in [0.2, 0.25) is 0 Å². The summed E-state index contributed by atoms with van der Waals surface area (Å²) in [5.41, 5.74) is 0.368. The zero-order valence-electron chi connectivity index (χ0n) is 17.4. The van der Waals surface area contributed by atoms with Crippen molar-refractivity contribution in [2.45, 2.75) is 26.3 Å². The molecular formula is C20H33N3O4. The summed E-state index contributed by atoms with van der Waals surface area (Å²) in [5, 5.41) is 3.06. The molecule has 7 heteroatoms. The SMILES string of the molecule is CCN1CCN(C(C)(C)CNC(=O)c2cc(OC)c(OC)c(OC)c2)CC1. The van der Waals surface area contributed by atoms with E-state index < -0.39 is 0 Å². The van der Waals surface area contributed by atoms with Gasteiger partial charge in [0.25, 0.3) is 5.91 Å². The molecule has 1 amide bonds. The smallest absolute Gasteiger partial charge is 0.251 e. The normalized spacial score (nSPS) is 16.1. The van der Waals surface area contributed by atoms with Gasteiger partial charge in [-0.05, 0) is 32.5 Å². The maximum atomic E-state index is 12.7. The Labute approximate surface area is 162 Å². The van der Waals surface area contributed by atoms with Crippen molar-refractivity contribution in [2.24, 2.45) is 0 Å². The van der Waals surface area contributed by atoms with Crippen LogP contribution in [-0.4, -0.2) is 81.8 Å². The first-order valence-electron chi connectivity index (χ1n) is 9.41. The summed E-state index contributed by atoms with van der Waals surface area (Å²) in [6.45, 7) is 12.4. The minimum absolute atomic E-state index is 0.115. The molecule has 1 saturated heterocycles. The van der Waals surface area contributed by atoms with E-state index in [0.29, 0.717) is 29.4 Å². The van der Waals surface area contributed by atoms with Crippen molar-refractivity contribution in [2.75, 3.05) is 60.6 Å². The number of methoxy groups -OCH3 is 3. The largest absolute Gasteiger partial charge is 0.493 e. The van der Waals surface area contributed by atoms with Crippen LogP contribution < -0.4 is 19.5 Å². The molecule has 0 aromatic heterocycles. The van der Waals surface area contributed by atoms with Crippen LogP contribution in [0.15, 0.2) is 12.1 Å². The molecule has 0 aliphatic carbocycles. The summed E-state index contributed by atoms with van der Waals surface area (Å²) < 4.78 is 16.0. The van der Waals surface area contributed by atoms with Gasteiger partial charge in [0, 0.05) is 43.8 Å². The van der Waals surface area contributed by atoms with E-state index in [1.54, 1.807) is 19.2 Å². The predicted molar refractivity (Wildman–Crippen MR) is 106 cm³/mol. The van der Waals surface area contributed by atoms with Gasteiger partial charge < -0.3 is 24.4 Å². The van der Waals surface area contributed by atoms with E-state index in [4.69, 9.17) is 14.2 Å². The Morgan fingerprint density at radius 2 is 1.59 bits per heavy atom. The number of hydrogen-bond acceptors (Lipinski definition) is 6. The van der Waals surface area contributed by atoms with Crippen molar-refractivity contribution in [3.8, 4) is 17.2 Å². The van der Waals surface area contributed by atoms with E-state index in [1.807, 2.05) is 0 Å². The Bertz CT molecular complexity index is 615. The quantitative estimate of drug-likeness (QED) is 0.744. The molecule has 1 aromatic carbocycles. The third-order valence-corrected chi connectivity index (χ3v) is 5.28. The Balaban J connectivity index is 2.04. The van der Waals surface area contributed by atoms with Gasteiger partial charge >= 0.3 is 0 Å². The number of amides is 1. The van der Waals surface area contributed by atoms with Crippen LogP contribution in [-0.2, 0) is 0 Å². The van der Waals surface area contributed by atoms with Crippen LogP contribution in [0, 0.1) is 0 Å². The molecule has 1 heterocycles. The lowest BCUT2D eigenvalue weighted by atomic mass is 10.0. The summed E-state index contributed by atoms with van der Waals surface area (Å²) >= 11 is 0. The highest BCUT2D eigenvalue weighted by Crippen LogP contribution is 2.38. The number of benzene rings is 1. The van der Waals surface area contributed by atoms with E-state index in [-0.39, 0.29) is 11.4 Å². The molecule has 7 nitrogen and oxygen atoms in total. The number of piperazine rings is 1. The third-order valence-electron chi connectivity index (χ3n) is 5.28. The summed E-state index contributed by atoms with van der Waals surface area (Å²) in [6, 6.07) is 3.34. The third kappa shape index (κ3) is 5.05. The molecule has 0 atom stereocenters. The first kappa shape index (κ1) is 21.3. The zero-order valence-corrected chi connectivity index (χ0v) is 17.4. The Morgan fingerprint density at radius 1 is 1.04 bits per heavy atom. The predicted octanol–water partition coefficient (Wildman–Crippen LogP) is 1.86. The Kier molecular flexibility index (Phi) is 7.33. The summed E-state index contributed by atoms with van der Waals surface area (Å²) in [6.07, 6.45) is 0. The van der Waals surface area contributed by atoms with Crippen LogP contribution in [0.1, 0.15) is 31.1 Å². The molecule has 1 aliphatic heterocycles. The molecule has 0 saturated carbocycles. The number of likely N-dealkylation sites (N-methyl/N-ethyl adjacent to an activating group) is 1. The zero-order chi connectivity index (χ0) is 20.0. The van der Waals surface area contributed by atoms with E-state index in [0.717, 1.165) is 32.7 Å². The molecule has 1 aliphatic rings. The van der Waals surface area contributed by atoms with Gasteiger partial charge in [-0.25, -0.2) is 0 Å². The van der Waals surface area contributed by atoms with Gasteiger partial charge in [-0.1, -0.05) is 6.92 Å². The van der Waals surface area contributed by atoms with Crippen molar-refractivity contribution in [1.29, 1.82) is 0 Å².